The van der Waals surface area contributed by atoms with Crippen molar-refractivity contribution in [2.24, 2.45) is 5.73 Å². The van der Waals surface area contributed by atoms with Gasteiger partial charge in [-0.2, -0.15) is 0 Å². The van der Waals surface area contributed by atoms with Crippen molar-refractivity contribution in [2.45, 2.75) is 26.1 Å². The molecule has 3 N–H and O–H groups in total. The zero-order valence-corrected chi connectivity index (χ0v) is 16.1. The van der Waals surface area contributed by atoms with Gasteiger partial charge >= 0.3 is 0 Å². The summed E-state index contributed by atoms with van der Waals surface area (Å²) in [7, 11) is 1.50. The molecule has 1 atom stereocenters. The van der Waals surface area contributed by atoms with E-state index in [9.17, 15) is 9.59 Å². The number of amides is 2. The summed E-state index contributed by atoms with van der Waals surface area (Å²) >= 11 is 0.901. The molecule has 0 aliphatic carbocycles. The van der Waals surface area contributed by atoms with E-state index < -0.39 is 24.0 Å². The summed E-state index contributed by atoms with van der Waals surface area (Å²) in [5.74, 6) is -1.73. The summed E-state index contributed by atoms with van der Waals surface area (Å²) < 4.78 is 20.2. The van der Waals surface area contributed by atoms with Gasteiger partial charge in [0.05, 0.1) is 17.7 Å². The first-order chi connectivity index (χ1) is 13.0. The molecule has 2 rings (SSSR count). The third-order valence-electron chi connectivity index (χ3n) is 3.61. The lowest BCUT2D eigenvalue weighted by Crippen LogP contribution is -2.36. The fraction of sp³-hybridized carbons (Fsp3) is 0.412. The number of nitrogens with two attached hydrogens (primary N) is 1. The molecule has 0 bridgehead atoms. The Hall–Kier alpha value is -2.56. The molecule has 27 heavy (non-hydrogen) atoms. The largest absolute Gasteiger partial charge is 0.495 e. The molecule has 1 aromatic carbocycles. The number of carbonyl (C=O) groups excluding carboxylic acids is 2. The summed E-state index contributed by atoms with van der Waals surface area (Å²) in [6, 6.07) is 6.96. The van der Waals surface area contributed by atoms with Crippen LogP contribution in [0.2, 0.25) is 0 Å². The van der Waals surface area contributed by atoms with E-state index in [0.717, 1.165) is 11.5 Å². The normalized spacial score (nSPS) is 12.0. The van der Waals surface area contributed by atoms with Crippen molar-refractivity contribution in [3.05, 3.63) is 34.8 Å². The van der Waals surface area contributed by atoms with Gasteiger partial charge in [0.1, 0.15) is 11.7 Å². The molecule has 0 saturated heterocycles. The van der Waals surface area contributed by atoms with Gasteiger partial charge in [0.15, 0.2) is 12.0 Å². The van der Waals surface area contributed by atoms with E-state index in [-0.39, 0.29) is 10.6 Å². The second-order valence-corrected chi connectivity index (χ2v) is 6.08. The van der Waals surface area contributed by atoms with Crippen molar-refractivity contribution in [3.63, 3.8) is 0 Å². The molecule has 0 saturated carbocycles. The van der Waals surface area contributed by atoms with Gasteiger partial charge in [-0.05, 0) is 37.5 Å². The minimum atomic E-state index is -0.989. The van der Waals surface area contributed by atoms with Crippen molar-refractivity contribution < 1.29 is 23.8 Å². The minimum absolute atomic E-state index is 0.0791. The number of benzene rings is 1. The Morgan fingerprint density at radius 3 is 2.48 bits per heavy atom. The number of carbonyl (C=O) groups is 2. The van der Waals surface area contributed by atoms with Crippen LogP contribution in [0.5, 0.6) is 5.75 Å². The average molecular weight is 394 g/mol. The predicted octanol–water partition coefficient (Wildman–Crippen LogP) is 1.77. The lowest BCUT2D eigenvalue weighted by molar-refractivity contribution is -0.158. The SMILES string of the molecule is CCOC(OCC)C(C(=O)Nc1ccccc1OC)c1snnc1C(N)=O. The summed E-state index contributed by atoms with van der Waals surface area (Å²) in [6.45, 7) is 4.17. The second-order valence-electron chi connectivity index (χ2n) is 5.30. The summed E-state index contributed by atoms with van der Waals surface area (Å²) in [5, 5.41) is 6.53. The quantitative estimate of drug-likeness (QED) is 0.588. The Morgan fingerprint density at radius 2 is 1.89 bits per heavy atom. The van der Waals surface area contributed by atoms with Crippen LogP contribution in [0.3, 0.4) is 0 Å². The number of methoxy groups -OCH3 is 1. The van der Waals surface area contributed by atoms with Crippen LogP contribution in [-0.4, -0.2) is 48.0 Å². The van der Waals surface area contributed by atoms with Crippen molar-refractivity contribution >= 4 is 29.0 Å². The Labute approximate surface area is 161 Å². The lowest BCUT2D eigenvalue weighted by Gasteiger charge is -2.25. The molecule has 146 valence electrons. The number of rotatable bonds is 10. The van der Waals surface area contributed by atoms with E-state index >= 15 is 0 Å². The summed E-state index contributed by atoms with van der Waals surface area (Å²) in [6.07, 6.45) is -0.935. The van der Waals surface area contributed by atoms with Gasteiger partial charge < -0.3 is 25.3 Å². The van der Waals surface area contributed by atoms with Crippen LogP contribution in [0, 0.1) is 0 Å². The molecule has 0 radical (unpaired) electrons. The first-order valence-electron chi connectivity index (χ1n) is 8.32. The predicted molar refractivity (Wildman–Crippen MR) is 99.8 cm³/mol. The highest BCUT2D eigenvalue weighted by atomic mass is 32.1. The zero-order chi connectivity index (χ0) is 19.8. The maximum absolute atomic E-state index is 13.1. The summed E-state index contributed by atoms with van der Waals surface area (Å²) in [4.78, 5) is 25.1. The Kier molecular flexibility index (Phi) is 7.65. The molecule has 1 aromatic heterocycles. The number of nitrogens with one attached hydrogen (secondary N) is 1. The van der Waals surface area contributed by atoms with Gasteiger partial charge in [-0.3, -0.25) is 9.59 Å². The van der Waals surface area contributed by atoms with Crippen LogP contribution in [-0.2, 0) is 14.3 Å². The smallest absolute Gasteiger partial charge is 0.270 e. The highest BCUT2D eigenvalue weighted by Crippen LogP contribution is 2.31. The van der Waals surface area contributed by atoms with Crippen LogP contribution in [0.15, 0.2) is 24.3 Å². The maximum Gasteiger partial charge on any atom is 0.270 e. The van der Waals surface area contributed by atoms with Crippen LogP contribution in [0.25, 0.3) is 0 Å². The number of ether oxygens (including phenoxy) is 3. The molecule has 1 unspecified atom stereocenters. The minimum Gasteiger partial charge on any atom is -0.495 e. The lowest BCUT2D eigenvalue weighted by atomic mass is 10.0. The number of hydrogen-bond donors (Lipinski definition) is 2. The molecule has 0 fully saturated rings. The number of primary amides is 1. The van der Waals surface area contributed by atoms with Gasteiger partial charge in [0, 0.05) is 13.2 Å². The van der Waals surface area contributed by atoms with E-state index in [4.69, 9.17) is 19.9 Å². The fourth-order valence-electron chi connectivity index (χ4n) is 2.47. The van der Waals surface area contributed by atoms with E-state index in [1.54, 1.807) is 38.1 Å². The second kappa shape index (κ2) is 9.95. The number of hydrogen-bond acceptors (Lipinski definition) is 8. The molecular formula is C17H22N4O5S. The number of nitrogens with zero attached hydrogens (tertiary/aromatic N) is 2. The van der Waals surface area contributed by atoms with Gasteiger partial charge in [-0.1, -0.05) is 16.6 Å². The highest BCUT2D eigenvalue weighted by molar-refractivity contribution is 7.06. The third-order valence-corrected chi connectivity index (χ3v) is 4.42. The Bertz CT molecular complexity index is 776. The maximum atomic E-state index is 13.1. The third kappa shape index (κ3) is 5.00. The van der Waals surface area contributed by atoms with Gasteiger partial charge in [-0.15, -0.1) is 5.10 Å². The average Bonchev–Trinajstić information content (AvgIpc) is 3.12. The monoisotopic (exact) mass is 394 g/mol. The van der Waals surface area contributed by atoms with E-state index in [0.29, 0.717) is 24.7 Å². The van der Waals surface area contributed by atoms with Gasteiger partial charge in [0.25, 0.3) is 5.91 Å². The van der Waals surface area contributed by atoms with Crippen LogP contribution >= 0.6 is 11.5 Å². The highest BCUT2D eigenvalue weighted by Gasteiger charge is 2.37. The summed E-state index contributed by atoms with van der Waals surface area (Å²) in [5.41, 5.74) is 5.77. The standard InChI is InChI=1S/C17H22N4O5S/c1-4-25-17(26-5-2)12(14-13(15(18)22)20-21-27-14)16(23)19-10-8-6-7-9-11(10)24-3/h6-9,12,17H,4-5H2,1-3H3,(H2,18,22)(H,19,23). The van der Waals surface area contributed by atoms with Gasteiger partial charge in [0.2, 0.25) is 5.91 Å². The van der Waals surface area contributed by atoms with Crippen molar-refractivity contribution in [2.75, 3.05) is 25.6 Å². The fourth-order valence-corrected chi connectivity index (χ4v) is 3.24. The molecule has 0 aliphatic rings. The van der Waals surface area contributed by atoms with Crippen LogP contribution in [0.4, 0.5) is 5.69 Å². The molecular weight excluding hydrogens is 372 g/mol. The number of para-hydroxylation sites is 2. The van der Waals surface area contributed by atoms with E-state index in [2.05, 4.69) is 14.9 Å². The molecule has 0 aliphatic heterocycles. The van der Waals surface area contributed by atoms with E-state index in [1.807, 2.05) is 0 Å². The Morgan fingerprint density at radius 1 is 1.22 bits per heavy atom. The van der Waals surface area contributed by atoms with Crippen LogP contribution in [0.1, 0.15) is 35.1 Å². The van der Waals surface area contributed by atoms with Crippen molar-refractivity contribution in [1.82, 2.24) is 9.59 Å². The topological polar surface area (TPSA) is 126 Å². The zero-order valence-electron chi connectivity index (χ0n) is 15.3. The van der Waals surface area contributed by atoms with Gasteiger partial charge in [-0.25, -0.2) is 0 Å². The van der Waals surface area contributed by atoms with Crippen LogP contribution < -0.4 is 15.8 Å². The Balaban J connectivity index is 2.42. The first kappa shape index (κ1) is 20.7. The number of aromatic nitrogens is 2. The first-order valence-corrected chi connectivity index (χ1v) is 9.09. The van der Waals surface area contributed by atoms with Crippen molar-refractivity contribution in [3.8, 4) is 5.75 Å². The molecule has 9 nitrogen and oxygen atoms in total. The molecule has 10 heteroatoms. The van der Waals surface area contributed by atoms with Crippen molar-refractivity contribution in [1.29, 1.82) is 0 Å². The molecule has 1 heterocycles. The van der Waals surface area contributed by atoms with E-state index in [1.165, 1.54) is 7.11 Å². The molecule has 0 spiro atoms. The number of anilines is 1. The molecule has 2 amide bonds. The molecule has 2 aromatic rings.